The van der Waals surface area contributed by atoms with Gasteiger partial charge in [-0.25, -0.2) is 28.7 Å². The summed E-state index contributed by atoms with van der Waals surface area (Å²) in [6.45, 7) is 13.7. The molecule has 0 radical (unpaired) electrons. The minimum Gasteiger partial charge on any atom is -0.478 e. The van der Waals surface area contributed by atoms with E-state index in [0.717, 1.165) is 78.7 Å². The second-order valence-corrected chi connectivity index (χ2v) is 33.9. The van der Waals surface area contributed by atoms with Gasteiger partial charge in [0.15, 0.2) is 35.8 Å². The third-order valence-electron chi connectivity index (χ3n) is 24.3. The summed E-state index contributed by atoms with van der Waals surface area (Å²) in [5.41, 5.74) is 8.56. The number of hydrazine groups is 1. The molecule has 32 nitrogen and oxygen atoms in total. The maximum Gasteiger partial charge on any atom is 0.294 e. The van der Waals surface area contributed by atoms with Gasteiger partial charge in [0.25, 0.3) is 22.9 Å². The maximum absolute atomic E-state index is 16.3. The third kappa shape index (κ3) is 17.1. The lowest BCUT2D eigenvalue weighted by Crippen LogP contribution is -2.50. The minimum atomic E-state index is -1.33. The molecule has 5 N–H and O–H groups in total. The third-order valence-corrected chi connectivity index (χ3v) is 24.9. The van der Waals surface area contributed by atoms with Crippen molar-refractivity contribution in [2.45, 2.75) is 153 Å². The lowest BCUT2D eigenvalue weighted by Gasteiger charge is -2.39. The van der Waals surface area contributed by atoms with Crippen molar-refractivity contribution in [3.63, 3.8) is 0 Å². The number of aryl methyl sites for hydroxylation is 2. The number of fused-ring (bicyclic) bond motifs is 4. The number of likely N-dealkylation sites (tertiary alicyclic amines) is 2. The number of pyridine rings is 4. The molecule has 6 aliphatic rings. The Labute approximate surface area is 699 Å². The number of nitrogens with one attached hydrogen (secondary N) is 5. The van der Waals surface area contributed by atoms with Crippen LogP contribution < -0.4 is 57.1 Å². The van der Waals surface area contributed by atoms with Gasteiger partial charge in [0, 0.05) is 106 Å². The van der Waals surface area contributed by atoms with E-state index in [1.165, 1.54) is 71.2 Å². The summed E-state index contributed by atoms with van der Waals surface area (Å²) in [4.78, 5) is 141. The van der Waals surface area contributed by atoms with E-state index in [1.54, 1.807) is 39.8 Å². The molecule has 0 bridgehead atoms. The maximum atomic E-state index is 16.3. The van der Waals surface area contributed by atoms with Crippen LogP contribution in [-0.2, 0) is 42.9 Å². The molecule has 0 saturated carbocycles. The van der Waals surface area contributed by atoms with Crippen LogP contribution in [0.3, 0.4) is 0 Å². The Kier molecular flexibility index (Phi) is 23.6. The van der Waals surface area contributed by atoms with E-state index in [-0.39, 0.29) is 94.6 Å². The zero-order valence-corrected chi connectivity index (χ0v) is 69.5. The number of ether oxygens (including phenoxy) is 2. The molecular weight excluding hydrogens is 1590 g/mol. The van der Waals surface area contributed by atoms with Gasteiger partial charge in [-0.05, 0) is 172 Å². The van der Waals surface area contributed by atoms with Gasteiger partial charge in [-0.2, -0.15) is 20.2 Å². The van der Waals surface area contributed by atoms with Crippen molar-refractivity contribution in [3.05, 3.63) is 139 Å². The first kappa shape index (κ1) is 82.3. The van der Waals surface area contributed by atoms with Gasteiger partial charge >= 0.3 is 0 Å². The van der Waals surface area contributed by atoms with Crippen molar-refractivity contribution in [2.75, 3.05) is 99.5 Å². The predicted octanol–water partition coefficient (Wildman–Crippen LogP) is 9.88. The average molecular weight is 1680 g/mol. The summed E-state index contributed by atoms with van der Waals surface area (Å²) in [6, 6.07) is 18.2. The molecule has 6 saturated heterocycles. The van der Waals surface area contributed by atoms with E-state index in [9.17, 15) is 38.4 Å². The lowest BCUT2D eigenvalue weighted by molar-refractivity contribution is -0.143. The highest BCUT2D eigenvalue weighted by Gasteiger charge is 2.39. The molecular formula is C84H96Cl2F2N22O10. The fourth-order valence-electron chi connectivity index (χ4n) is 17.7. The zero-order valence-electron chi connectivity index (χ0n) is 68.0. The van der Waals surface area contributed by atoms with Gasteiger partial charge in [-0.3, -0.25) is 77.9 Å². The van der Waals surface area contributed by atoms with E-state index in [2.05, 4.69) is 80.7 Å². The molecule has 0 spiro atoms. The van der Waals surface area contributed by atoms with Gasteiger partial charge in [-0.1, -0.05) is 47.5 Å². The van der Waals surface area contributed by atoms with Crippen molar-refractivity contribution >= 4 is 137 Å². The predicted molar refractivity (Wildman–Crippen MR) is 449 cm³/mol. The van der Waals surface area contributed by atoms with E-state index >= 15 is 8.78 Å². The number of nitrogens with zero attached hydrogens (tertiary/aromatic N) is 17. The first-order valence-corrected chi connectivity index (χ1v) is 41.8. The summed E-state index contributed by atoms with van der Waals surface area (Å²) in [6.07, 6.45) is 8.60. The first-order valence-electron chi connectivity index (χ1n) is 41.0. The number of amides is 6. The van der Waals surface area contributed by atoms with Crippen LogP contribution >= 0.6 is 23.2 Å². The summed E-state index contributed by atoms with van der Waals surface area (Å²) >= 11 is 13.4. The second kappa shape index (κ2) is 34.4. The molecule has 0 aliphatic carbocycles. The fourth-order valence-corrected chi connectivity index (χ4v) is 18.0. The molecule has 8 aromatic heterocycles. The summed E-state index contributed by atoms with van der Waals surface area (Å²) < 4.78 is 51.1. The number of likely N-dealkylation sites (N-methyl/N-ethyl adjacent to an activating group) is 1. The number of carbonyl (C=O) groups excluding carboxylic acids is 6. The monoisotopic (exact) mass is 1680 g/mol. The fraction of sp³-hybridized carbons (Fsp3) is 0.476. The van der Waals surface area contributed by atoms with E-state index in [1.807, 2.05) is 45.4 Å². The highest BCUT2D eigenvalue weighted by molar-refractivity contribution is 6.33. The molecule has 120 heavy (non-hydrogen) atoms. The van der Waals surface area contributed by atoms with Gasteiger partial charge in [0.1, 0.15) is 33.7 Å². The lowest BCUT2D eigenvalue weighted by atomic mass is 9.87. The molecule has 6 fully saturated rings. The van der Waals surface area contributed by atoms with Crippen LogP contribution in [0.4, 0.5) is 43.7 Å². The number of halogens is 4. The molecule has 36 heteroatoms. The number of hydrogen-bond donors (Lipinski definition) is 5. The summed E-state index contributed by atoms with van der Waals surface area (Å²) in [5, 5.41) is 24.8. The second-order valence-electron chi connectivity index (χ2n) is 33.0. The van der Waals surface area contributed by atoms with Crippen molar-refractivity contribution in [3.8, 4) is 11.5 Å². The molecule has 10 aromatic rings. The van der Waals surface area contributed by atoms with Crippen LogP contribution in [0.25, 0.3) is 43.9 Å². The Morgan fingerprint density at radius 1 is 0.567 bits per heavy atom. The van der Waals surface area contributed by atoms with Crippen molar-refractivity contribution in [2.24, 2.45) is 25.9 Å². The Bertz CT molecular complexity index is 5810. The van der Waals surface area contributed by atoms with Crippen LogP contribution in [0, 0.1) is 11.8 Å². The van der Waals surface area contributed by atoms with Gasteiger partial charge < -0.3 is 39.7 Å². The van der Waals surface area contributed by atoms with Crippen molar-refractivity contribution < 1.29 is 47.0 Å². The Morgan fingerprint density at radius 2 is 1.01 bits per heavy atom. The zero-order chi connectivity index (χ0) is 84.2. The molecule has 2 aromatic carbocycles. The SMILES string of the molecule is CC(Oc1cc2cc(Nc3nc(N4CC[C@H](CN5CCC(c6ccc7c(C8CCC(=O)NC8=O)nn(C)c7c6)CC5)[C@H](F)C4)ncc3Cl)cnc2n(C(C)C)c1=O)C(=O)NN(C)C(=O)COc1cc2cc(Nc3nc(N4CC[C@H](CN5CCC(c6ccc7c(C8CCC(=O)NC8=O)nn(C)c7c6)CC5)[C@H](F)C4)ncc3Cl)cnc2n(C(C)C)c1=O. The van der Waals surface area contributed by atoms with Crippen LogP contribution in [0.5, 0.6) is 11.5 Å². The quantitative estimate of drug-likeness (QED) is 0.0311. The molecule has 6 aliphatic heterocycles. The van der Waals surface area contributed by atoms with Gasteiger partial charge in [0.05, 0.1) is 83.5 Å². The first-order chi connectivity index (χ1) is 57.6. The Hall–Kier alpha value is -11.4. The number of rotatable bonds is 22. The number of carbonyl (C=O) groups is 6. The molecule has 14 heterocycles. The number of imide groups is 2. The minimum absolute atomic E-state index is 0.0905. The number of alkyl halides is 2. The summed E-state index contributed by atoms with van der Waals surface area (Å²) in [7, 11) is 5.05. The molecule has 7 atom stereocenters. The average Bonchev–Trinajstić information content (AvgIpc) is 1.64. The largest absolute Gasteiger partial charge is 0.478 e. The normalized spacial score (nSPS) is 20.9. The van der Waals surface area contributed by atoms with Crippen LogP contribution in [0.15, 0.2) is 95.0 Å². The molecule has 630 valence electrons. The van der Waals surface area contributed by atoms with E-state index in [4.69, 9.17) is 52.8 Å². The van der Waals surface area contributed by atoms with Crippen LogP contribution in [0.2, 0.25) is 10.0 Å². The van der Waals surface area contributed by atoms with E-state index in [0.29, 0.717) is 120 Å². The number of aromatic nitrogens is 12. The molecule has 3 unspecified atom stereocenters. The van der Waals surface area contributed by atoms with Crippen molar-refractivity contribution in [1.82, 2.24) is 89.5 Å². The van der Waals surface area contributed by atoms with Crippen LogP contribution in [-0.4, -0.2) is 206 Å². The number of piperidine rings is 6. The van der Waals surface area contributed by atoms with Gasteiger partial charge in [-0.15, -0.1) is 0 Å². The number of benzene rings is 2. The number of anilines is 6. The topological polar surface area (TPSA) is 354 Å². The summed E-state index contributed by atoms with van der Waals surface area (Å²) in [5.74, 6) is -2.65. The van der Waals surface area contributed by atoms with E-state index < -0.39 is 71.9 Å². The van der Waals surface area contributed by atoms with Crippen LogP contribution in [0.1, 0.15) is 157 Å². The molecule has 6 amide bonds. The highest BCUT2D eigenvalue weighted by atomic mass is 35.5. The van der Waals surface area contributed by atoms with Gasteiger partial charge in [0.2, 0.25) is 35.5 Å². The standard InChI is InChI=1S/C84H96Cl2F2N22O10/c1-44(2)109-76-53(29-55(35-89-76)93-74-61(85)37-91-83(97-74)107-27-21-51(63(87)41-107)39-105-23-17-47(18-24-105)49-9-11-57-65(31-49)102(6)99-72(57)59-13-15-69(111)95-79(59)115)33-67(81(109)117)119-43-71(113)104(8)101-78(114)46(5)120-68-34-54-30-56(36-90-77(54)110(45(3)4)82(68)118)94-75-62(86)38-92-84(98-75)108-28-22-52(64(88)42-108)40-106-25-19-48(20-26-106)50-10-12-58-66(32-50)103(7)100-73(58)60-14-16-70(112)96-80(60)116/h9-12,29-38,44-48,51-52,59-60,63-64H,13-28,39-43H2,1-8H3,(H,101,114)(H,91,93,97)(H,92,94,98)(H,95,111,115)(H,96,112,116)/t46?,51-,52-,59?,60?,63-,64-/m1/s1. The van der Waals surface area contributed by atoms with Crippen molar-refractivity contribution in [1.29, 1.82) is 0 Å². The Balaban J connectivity index is 0.502. The number of hydrogen-bond acceptors (Lipinski definition) is 24. The Morgan fingerprint density at radius 3 is 1.44 bits per heavy atom. The highest BCUT2D eigenvalue weighted by Crippen LogP contribution is 2.40. The smallest absolute Gasteiger partial charge is 0.294 e. The molecule has 16 rings (SSSR count).